The third-order valence-electron chi connectivity index (χ3n) is 2.84. The number of hydrogen-bond donors (Lipinski definition) is 0. The van der Waals surface area contributed by atoms with Gasteiger partial charge in [0.2, 0.25) is 5.78 Å². The Balaban J connectivity index is 2.03. The highest BCUT2D eigenvalue weighted by molar-refractivity contribution is 5.96. The highest BCUT2D eigenvalue weighted by Gasteiger charge is 2.10. The van der Waals surface area contributed by atoms with Gasteiger partial charge in [0.25, 0.3) is 0 Å². The van der Waals surface area contributed by atoms with Crippen LogP contribution in [0.15, 0.2) is 42.6 Å². The summed E-state index contributed by atoms with van der Waals surface area (Å²) >= 11 is 0. The Morgan fingerprint density at radius 2 is 2.00 bits per heavy atom. The van der Waals surface area contributed by atoms with E-state index in [4.69, 9.17) is 4.74 Å². The summed E-state index contributed by atoms with van der Waals surface area (Å²) in [5.74, 6) is 0.398. The first-order valence-corrected chi connectivity index (χ1v) is 5.96. The molecule has 0 aliphatic rings. The quantitative estimate of drug-likeness (QED) is 0.773. The van der Waals surface area contributed by atoms with E-state index in [1.165, 1.54) is 6.92 Å². The number of Topliss-reactive ketones (excluding diaryl/α,β-unsaturated/α-hetero) is 2. The zero-order valence-electron chi connectivity index (χ0n) is 10.9. The fourth-order valence-corrected chi connectivity index (χ4v) is 1.78. The van der Waals surface area contributed by atoms with Crippen molar-refractivity contribution in [2.24, 2.45) is 7.05 Å². The van der Waals surface area contributed by atoms with Gasteiger partial charge in [-0.3, -0.25) is 9.59 Å². The maximum atomic E-state index is 11.9. The molecule has 2 aromatic rings. The van der Waals surface area contributed by atoms with Crippen LogP contribution in [0.3, 0.4) is 0 Å². The van der Waals surface area contributed by atoms with Gasteiger partial charge >= 0.3 is 0 Å². The summed E-state index contributed by atoms with van der Waals surface area (Å²) in [5.41, 5.74) is 1.17. The third-order valence-corrected chi connectivity index (χ3v) is 2.84. The van der Waals surface area contributed by atoms with Crippen LogP contribution in [0, 0.1) is 0 Å². The first-order chi connectivity index (χ1) is 9.08. The summed E-state index contributed by atoms with van der Waals surface area (Å²) < 4.78 is 7.17. The lowest BCUT2D eigenvalue weighted by Gasteiger charge is -2.07. The lowest BCUT2D eigenvalue weighted by molar-refractivity contribution is 0.0913. The number of ketones is 2. The molecule has 0 spiro atoms. The molecule has 4 heteroatoms. The third kappa shape index (κ3) is 3.10. The van der Waals surface area contributed by atoms with Crippen LogP contribution in [0.5, 0.6) is 5.75 Å². The standard InChI is InChI=1S/C15H15NO3/c1-11(17)12-5-3-6-13(9-12)19-10-15(18)14-7-4-8-16(14)2/h3-9H,10H2,1-2H3. The van der Waals surface area contributed by atoms with Gasteiger partial charge in [-0.1, -0.05) is 12.1 Å². The zero-order valence-corrected chi connectivity index (χ0v) is 10.9. The van der Waals surface area contributed by atoms with Gasteiger partial charge in [-0.2, -0.15) is 0 Å². The van der Waals surface area contributed by atoms with E-state index >= 15 is 0 Å². The van der Waals surface area contributed by atoms with E-state index in [2.05, 4.69) is 0 Å². The van der Waals surface area contributed by atoms with Crippen LogP contribution in [0.1, 0.15) is 27.8 Å². The van der Waals surface area contributed by atoms with Crippen LogP contribution in [-0.4, -0.2) is 22.7 Å². The van der Waals surface area contributed by atoms with Crippen molar-refractivity contribution in [3.63, 3.8) is 0 Å². The molecule has 0 saturated carbocycles. The lowest BCUT2D eigenvalue weighted by atomic mass is 10.1. The van der Waals surface area contributed by atoms with Crippen molar-refractivity contribution in [3.05, 3.63) is 53.9 Å². The molecule has 19 heavy (non-hydrogen) atoms. The molecule has 0 amide bonds. The van der Waals surface area contributed by atoms with E-state index in [1.54, 1.807) is 34.9 Å². The summed E-state index contributed by atoms with van der Waals surface area (Å²) in [6.07, 6.45) is 1.81. The first-order valence-electron chi connectivity index (χ1n) is 5.96. The van der Waals surface area contributed by atoms with Gasteiger partial charge in [0, 0.05) is 18.8 Å². The Bertz CT molecular complexity index is 613. The van der Waals surface area contributed by atoms with E-state index in [1.807, 2.05) is 19.3 Å². The van der Waals surface area contributed by atoms with Gasteiger partial charge in [0.05, 0.1) is 5.69 Å². The topological polar surface area (TPSA) is 48.3 Å². The molecule has 0 atom stereocenters. The Hall–Kier alpha value is -2.36. The summed E-state index contributed by atoms with van der Waals surface area (Å²) in [4.78, 5) is 23.1. The number of rotatable bonds is 5. The van der Waals surface area contributed by atoms with Crippen LogP contribution in [0.25, 0.3) is 0 Å². The molecule has 2 rings (SSSR count). The summed E-state index contributed by atoms with van der Waals surface area (Å²) in [6, 6.07) is 10.4. The fraction of sp³-hybridized carbons (Fsp3) is 0.200. The zero-order chi connectivity index (χ0) is 13.8. The van der Waals surface area contributed by atoms with E-state index in [0.717, 1.165) is 0 Å². The van der Waals surface area contributed by atoms with Crippen molar-refractivity contribution in [2.75, 3.05) is 6.61 Å². The molecule has 0 fully saturated rings. The largest absolute Gasteiger partial charge is 0.485 e. The Labute approximate surface area is 111 Å². The maximum absolute atomic E-state index is 11.9. The molecule has 0 aliphatic carbocycles. The van der Waals surface area contributed by atoms with E-state index < -0.39 is 0 Å². The molecule has 98 valence electrons. The predicted molar refractivity (Wildman–Crippen MR) is 71.7 cm³/mol. The second kappa shape index (κ2) is 5.52. The van der Waals surface area contributed by atoms with Crippen molar-refractivity contribution in [2.45, 2.75) is 6.92 Å². The molecular formula is C15H15NO3. The Morgan fingerprint density at radius 1 is 1.21 bits per heavy atom. The Kier molecular flexibility index (Phi) is 3.80. The molecule has 0 bridgehead atoms. The number of carbonyl (C=O) groups excluding carboxylic acids is 2. The number of nitrogens with zero attached hydrogens (tertiary/aromatic N) is 1. The number of aromatic nitrogens is 1. The fourth-order valence-electron chi connectivity index (χ4n) is 1.78. The van der Waals surface area contributed by atoms with Gasteiger partial charge in [-0.25, -0.2) is 0 Å². The molecule has 4 nitrogen and oxygen atoms in total. The molecule has 1 aromatic carbocycles. The van der Waals surface area contributed by atoms with Gasteiger partial charge in [0.1, 0.15) is 5.75 Å². The van der Waals surface area contributed by atoms with Crippen LogP contribution in [0.4, 0.5) is 0 Å². The second-order valence-electron chi connectivity index (χ2n) is 4.30. The minimum atomic E-state index is -0.0965. The van der Waals surface area contributed by atoms with Gasteiger partial charge in [-0.05, 0) is 31.2 Å². The van der Waals surface area contributed by atoms with E-state index in [-0.39, 0.29) is 18.2 Å². The monoisotopic (exact) mass is 257 g/mol. The average Bonchev–Trinajstić information content (AvgIpc) is 2.82. The maximum Gasteiger partial charge on any atom is 0.216 e. The van der Waals surface area contributed by atoms with E-state index in [9.17, 15) is 9.59 Å². The summed E-state index contributed by atoms with van der Waals surface area (Å²) in [5, 5.41) is 0. The molecule has 0 aliphatic heterocycles. The first kappa shape index (κ1) is 13.1. The summed E-state index contributed by atoms with van der Waals surface area (Å²) in [6.45, 7) is 1.45. The molecular weight excluding hydrogens is 242 g/mol. The highest BCUT2D eigenvalue weighted by Crippen LogP contribution is 2.14. The van der Waals surface area contributed by atoms with Crippen molar-refractivity contribution in [1.82, 2.24) is 4.57 Å². The average molecular weight is 257 g/mol. The van der Waals surface area contributed by atoms with Crippen molar-refractivity contribution < 1.29 is 14.3 Å². The number of ether oxygens (including phenoxy) is 1. The number of hydrogen-bond acceptors (Lipinski definition) is 3. The van der Waals surface area contributed by atoms with Gasteiger partial charge in [0.15, 0.2) is 12.4 Å². The molecule has 1 heterocycles. The minimum Gasteiger partial charge on any atom is -0.485 e. The van der Waals surface area contributed by atoms with Crippen LogP contribution in [-0.2, 0) is 7.05 Å². The molecule has 0 unspecified atom stereocenters. The number of carbonyl (C=O) groups is 2. The molecule has 1 aromatic heterocycles. The smallest absolute Gasteiger partial charge is 0.216 e. The van der Waals surface area contributed by atoms with Crippen LogP contribution >= 0.6 is 0 Å². The SMILES string of the molecule is CC(=O)c1cccc(OCC(=O)c2cccn2C)c1. The van der Waals surface area contributed by atoms with Gasteiger partial charge in [-0.15, -0.1) is 0 Å². The summed E-state index contributed by atoms with van der Waals surface area (Å²) in [7, 11) is 1.81. The lowest BCUT2D eigenvalue weighted by Crippen LogP contribution is -2.14. The number of aryl methyl sites for hydroxylation is 1. The molecule has 0 saturated heterocycles. The van der Waals surface area contributed by atoms with Crippen molar-refractivity contribution >= 4 is 11.6 Å². The normalized spacial score (nSPS) is 10.2. The molecule has 0 radical (unpaired) electrons. The van der Waals surface area contributed by atoms with Crippen LogP contribution < -0.4 is 4.74 Å². The van der Waals surface area contributed by atoms with Gasteiger partial charge < -0.3 is 9.30 Å². The molecule has 0 N–H and O–H groups in total. The Morgan fingerprint density at radius 3 is 2.63 bits per heavy atom. The number of benzene rings is 1. The van der Waals surface area contributed by atoms with Crippen molar-refractivity contribution in [3.8, 4) is 5.75 Å². The van der Waals surface area contributed by atoms with Crippen LogP contribution in [0.2, 0.25) is 0 Å². The van der Waals surface area contributed by atoms with Crippen molar-refractivity contribution in [1.29, 1.82) is 0 Å². The highest BCUT2D eigenvalue weighted by atomic mass is 16.5. The second-order valence-corrected chi connectivity index (χ2v) is 4.30. The van der Waals surface area contributed by atoms with E-state index in [0.29, 0.717) is 17.0 Å². The predicted octanol–water partition coefficient (Wildman–Crippen LogP) is 2.49. The minimum absolute atomic E-state index is 0.0285.